The normalized spacial score (nSPS) is 19.8. The van der Waals surface area contributed by atoms with Crippen molar-refractivity contribution < 1.29 is 9.53 Å². The number of ether oxygens (including phenoxy) is 1. The summed E-state index contributed by atoms with van der Waals surface area (Å²) in [6.07, 6.45) is 7.90. The van der Waals surface area contributed by atoms with Crippen molar-refractivity contribution in [1.82, 2.24) is 9.88 Å². The third-order valence-electron chi connectivity index (χ3n) is 3.36. The number of nitrogens with zero attached hydrogens (tertiary/aromatic N) is 2. The van der Waals surface area contributed by atoms with Crippen LogP contribution >= 0.6 is 0 Å². The fourth-order valence-electron chi connectivity index (χ4n) is 2.42. The van der Waals surface area contributed by atoms with Gasteiger partial charge in [-0.15, -0.1) is 0 Å². The van der Waals surface area contributed by atoms with Gasteiger partial charge in [-0.3, -0.25) is 9.78 Å². The van der Waals surface area contributed by atoms with E-state index in [-0.39, 0.29) is 11.9 Å². The number of aromatic nitrogens is 1. The van der Waals surface area contributed by atoms with Gasteiger partial charge in [-0.25, -0.2) is 0 Å². The Morgan fingerprint density at radius 1 is 1.60 bits per heavy atom. The molecule has 1 aliphatic heterocycles. The van der Waals surface area contributed by atoms with Gasteiger partial charge in [-0.05, 0) is 30.0 Å². The minimum Gasteiger partial charge on any atom is -0.377 e. The zero-order valence-corrected chi connectivity index (χ0v) is 12.2. The minimum absolute atomic E-state index is 0.0582. The molecule has 2 heterocycles. The Balaban J connectivity index is 2.00. The van der Waals surface area contributed by atoms with Gasteiger partial charge < -0.3 is 9.64 Å². The van der Waals surface area contributed by atoms with E-state index in [1.54, 1.807) is 18.5 Å². The van der Waals surface area contributed by atoms with Gasteiger partial charge in [0, 0.05) is 25.0 Å². The smallest absolute Gasteiger partial charge is 0.246 e. The molecule has 1 atom stereocenters. The predicted octanol–water partition coefficient (Wildman–Crippen LogP) is 2.37. The van der Waals surface area contributed by atoms with E-state index in [1.807, 2.05) is 23.1 Å². The first-order valence-electron chi connectivity index (χ1n) is 7.13. The molecule has 0 saturated carbocycles. The van der Waals surface area contributed by atoms with Crippen LogP contribution in [0.4, 0.5) is 0 Å². The Morgan fingerprint density at radius 2 is 2.45 bits per heavy atom. The van der Waals surface area contributed by atoms with Gasteiger partial charge >= 0.3 is 0 Å². The molecule has 4 nitrogen and oxygen atoms in total. The van der Waals surface area contributed by atoms with Gasteiger partial charge in [0.25, 0.3) is 0 Å². The van der Waals surface area contributed by atoms with E-state index in [1.165, 1.54) is 0 Å². The molecule has 1 aromatic heterocycles. The second kappa shape index (κ2) is 7.20. The van der Waals surface area contributed by atoms with Crippen molar-refractivity contribution >= 4 is 12.0 Å². The van der Waals surface area contributed by atoms with E-state index >= 15 is 0 Å². The zero-order valence-electron chi connectivity index (χ0n) is 12.2. The minimum atomic E-state index is 0.0582. The maximum absolute atomic E-state index is 12.3. The molecule has 1 aromatic rings. The lowest BCUT2D eigenvalue weighted by Gasteiger charge is -2.36. The van der Waals surface area contributed by atoms with Gasteiger partial charge in [0.2, 0.25) is 5.91 Å². The first-order valence-corrected chi connectivity index (χ1v) is 7.13. The maximum atomic E-state index is 12.3. The number of pyridine rings is 1. The van der Waals surface area contributed by atoms with Gasteiger partial charge in [-0.1, -0.05) is 19.9 Å². The van der Waals surface area contributed by atoms with Gasteiger partial charge in [0.15, 0.2) is 0 Å². The van der Waals surface area contributed by atoms with Crippen molar-refractivity contribution in [3.05, 3.63) is 36.2 Å². The van der Waals surface area contributed by atoms with Gasteiger partial charge in [0.05, 0.1) is 19.3 Å². The average molecular weight is 274 g/mol. The summed E-state index contributed by atoms with van der Waals surface area (Å²) in [6, 6.07) is 3.98. The molecule has 0 aliphatic carbocycles. The molecule has 1 amide bonds. The Morgan fingerprint density at radius 3 is 3.15 bits per heavy atom. The van der Waals surface area contributed by atoms with E-state index in [0.717, 1.165) is 12.0 Å². The molecule has 0 spiro atoms. The van der Waals surface area contributed by atoms with Crippen molar-refractivity contribution in [3.63, 3.8) is 0 Å². The fourth-order valence-corrected chi connectivity index (χ4v) is 2.42. The first kappa shape index (κ1) is 14.7. The highest BCUT2D eigenvalue weighted by Gasteiger charge is 2.26. The highest BCUT2D eigenvalue weighted by molar-refractivity contribution is 5.92. The summed E-state index contributed by atoms with van der Waals surface area (Å²) >= 11 is 0. The SMILES string of the molecule is CC(C)CC1COCCN1C(=O)C=Cc1cccnc1. The van der Waals surface area contributed by atoms with E-state index < -0.39 is 0 Å². The molecule has 4 heteroatoms. The number of morpholine rings is 1. The molecule has 0 aromatic carbocycles. The lowest BCUT2D eigenvalue weighted by atomic mass is 10.0. The van der Waals surface area contributed by atoms with Crippen molar-refractivity contribution in [3.8, 4) is 0 Å². The van der Waals surface area contributed by atoms with Crippen molar-refractivity contribution in [2.24, 2.45) is 5.92 Å². The second-order valence-electron chi connectivity index (χ2n) is 5.51. The van der Waals surface area contributed by atoms with Crippen LogP contribution in [0.15, 0.2) is 30.6 Å². The van der Waals surface area contributed by atoms with E-state index in [4.69, 9.17) is 4.74 Å². The van der Waals surface area contributed by atoms with Crippen LogP contribution < -0.4 is 0 Å². The maximum Gasteiger partial charge on any atom is 0.246 e. The van der Waals surface area contributed by atoms with Crippen molar-refractivity contribution in [1.29, 1.82) is 0 Å². The summed E-state index contributed by atoms with van der Waals surface area (Å²) in [5, 5.41) is 0. The van der Waals surface area contributed by atoms with Crippen LogP contribution in [-0.4, -0.2) is 41.6 Å². The molecule has 1 fully saturated rings. The Labute approximate surface area is 120 Å². The van der Waals surface area contributed by atoms with Crippen molar-refractivity contribution in [2.75, 3.05) is 19.8 Å². The van der Waals surface area contributed by atoms with Crippen LogP contribution in [0.2, 0.25) is 0 Å². The molecular weight excluding hydrogens is 252 g/mol. The fraction of sp³-hybridized carbons (Fsp3) is 0.500. The lowest BCUT2D eigenvalue weighted by molar-refractivity contribution is -0.135. The topological polar surface area (TPSA) is 42.4 Å². The zero-order chi connectivity index (χ0) is 14.4. The highest BCUT2D eigenvalue weighted by Crippen LogP contribution is 2.16. The van der Waals surface area contributed by atoms with E-state index in [0.29, 0.717) is 25.7 Å². The summed E-state index contributed by atoms with van der Waals surface area (Å²) in [7, 11) is 0. The Bertz CT molecular complexity index is 457. The van der Waals surface area contributed by atoms with Crippen LogP contribution in [0, 0.1) is 5.92 Å². The summed E-state index contributed by atoms with van der Waals surface area (Å²) in [5.41, 5.74) is 0.939. The average Bonchev–Trinajstić information content (AvgIpc) is 2.46. The van der Waals surface area contributed by atoms with E-state index in [9.17, 15) is 4.79 Å². The number of rotatable bonds is 4. The molecular formula is C16H22N2O2. The summed E-state index contributed by atoms with van der Waals surface area (Å²) in [5.74, 6) is 0.613. The van der Waals surface area contributed by atoms with Crippen LogP contribution in [0.25, 0.3) is 6.08 Å². The highest BCUT2D eigenvalue weighted by atomic mass is 16.5. The molecule has 0 N–H and O–H groups in total. The largest absolute Gasteiger partial charge is 0.377 e. The molecule has 20 heavy (non-hydrogen) atoms. The third kappa shape index (κ3) is 4.17. The number of carbonyl (C=O) groups excluding carboxylic acids is 1. The molecule has 108 valence electrons. The van der Waals surface area contributed by atoms with Crippen LogP contribution in [0.5, 0.6) is 0 Å². The molecule has 2 rings (SSSR count). The number of hydrogen-bond donors (Lipinski definition) is 0. The van der Waals surface area contributed by atoms with Crippen LogP contribution in [-0.2, 0) is 9.53 Å². The molecule has 1 saturated heterocycles. The van der Waals surface area contributed by atoms with Crippen LogP contribution in [0.3, 0.4) is 0 Å². The van der Waals surface area contributed by atoms with Gasteiger partial charge in [0.1, 0.15) is 0 Å². The lowest BCUT2D eigenvalue weighted by Crippen LogP contribution is -2.48. The Hall–Kier alpha value is -1.68. The third-order valence-corrected chi connectivity index (χ3v) is 3.36. The summed E-state index contributed by atoms with van der Waals surface area (Å²) in [6.45, 7) is 6.28. The monoisotopic (exact) mass is 274 g/mol. The Kier molecular flexibility index (Phi) is 5.30. The second-order valence-corrected chi connectivity index (χ2v) is 5.51. The number of carbonyl (C=O) groups is 1. The predicted molar refractivity (Wildman–Crippen MR) is 79.0 cm³/mol. The molecule has 0 radical (unpaired) electrons. The quantitative estimate of drug-likeness (QED) is 0.792. The molecule has 1 unspecified atom stereocenters. The number of hydrogen-bond acceptors (Lipinski definition) is 3. The van der Waals surface area contributed by atoms with Crippen molar-refractivity contribution in [2.45, 2.75) is 26.3 Å². The molecule has 0 bridgehead atoms. The summed E-state index contributed by atoms with van der Waals surface area (Å²) < 4.78 is 5.50. The summed E-state index contributed by atoms with van der Waals surface area (Å²) in [4.78, 5) is 18.3. The first-order chi connectivity index (χ1) is 9.66. The van der Waals surface area contributed by atoms with E-state index in [2.05, 4.69) is 18.8 Å². The van der Waals surface area contributed by atoms with Crippen LogP contribution in [0.1, 0.15) is 25.8 Å². The standard InChI is InChI=1S/C16H22N2O2/c1-13(2)10-15-12-20-9-8-18(15)16(19)6-5-14-4-3-7-17-11-14/h3-7,11,13,15H,8-10,12H2,1-2H3. The van der Waals surface area contributed by atoms with Gasteiger partial charge in [-0.2, -0.15) is 0 Å². The number of amides is 1. The molecule has 1 aliphatic rings.